The molecule has 0 spiro atoms. The first kappa shape index (κ1) is 14.5. The molecule has 0 aliphatic carbocycles. The predicted octanol–water partition coefficient (Wildman–Crippen LogP) is 1.38. The van der Waals surface area contributed by atoms with Crippen molar-refractivity contribution in [3.8, 4) is 11.5 Å². The van der Waals surface area contributed by atoms with Crippen LogP contribution in [0.15, 0.2) is 12.1 Å². The third kappa shape index (κ3) is 3.21. The average molecular weight is 253 g/mol. The summed E-state index contributed by atoms with van der Waals surface area (Å²) in [6.45, 7) is 0.684. The van der Waals surface area contributed by atoms with Gasteiger partial charge in [0.2, 0.25) is 0 Å². The minimum atomic E-state index is -0.0469. The number of benzene rings is 1. The number of carbonyl (C=O) groups excluding carboxylic acids is 1. The number of Topliss-reactive ketones (excluding diaryl/α,β-unsaturated/α-hetero) is 1. The van der Waals surface area contributed by atoms with Gasteiger partial charge in [0.1, 0.15) is 11.5 Å². The van der Waals surface area contributed by atoms with Crippen molar-refractivity contribution in [3.63, 3.8) is 0 Å². The van der Waals surface area contributed by atoms with Gasteiger partial charge in [0.05, 0.1) is 26.4 Å². The molecule has 1 aromatic carbocycles. The molecule has 0 amide bonds. The van der Waals surface area contributed by atoms with Gasteiger partial charge in [-0.05, 0) is 12.6 Å². The van der Waals surface area contributed by atoms with Gasteiger partial charge >= 0.3 is 0 Å². The van der Waals surface area contributed by atoms with E-state index in [9.17, 15) is 4.79 Å². The molecular formula is C13H19NO4. The maximum atomic E-state index is 11.9. The maximum absolute atomic E-state index is 11.9. The van der Waals surface area contributed by atoms with Crippen LogP contribution in [0.4, 0.5) is 0 Å². The Morgan fingerprint density at radius 3 is 2.33 bits per heavy atom. The maximum Gasteiger partial charge on any atom is 0.167 e. The topological polar surface area (TPSA) is 70.8 Å². The molecule has 0 aliphatic heterocycles. The van der Waals surface area contributed by atoms with Crippen LogP contribution in [-0.4, -0.2) is 33.7 Å². The van der Waals surface area contributed by atoms with E-state index in [4.69, 9.17) is 19.9 Å². The van der Waals surface area contributed by atoms with Gasteiger partial charge in [-0.15, -0.1) is 0 Å². The molecule has 100 valence electrons. The van der Waals surface area contributed by atoms with Crippen molar-refractivity contribution in [2.24, 2.45) is 5.73 Å². The highest BCUT2D eigenvalue weighted by atomic mass is 16.5. The van der Waals surface area contributed by atoms with Crippen LogP contribution in [0.5, 0.6) is 11.5 Å². The minimum Gasteiger partial charge on any atom is -0.496 e. The Balaban J connectivity index is 3.22. The van der Waals surface area contributed by atoms with Crippen molar-refractivity contribution in [1.82, 2.24) is 0 Å². The van der Waals surface area contributed by atoms with Crippen molar-refractivity contribution in [3.05, 3.63) is 23.3 Å². The normalized spacial score (nSPS) is 10.2. The number of hydrogen-bond donors (Lipinski definition) is 1. The Hall–Kier alpha value is -1.59. The van der Waals surface area contributed by atoms with Crippen molar-refractivity contribution < 1.29 is 19.0 Å². The predicted molar refractivity (Wildman–Crippen MR) is 68.3 cm³/mol. The molecular weight excluding hydrogens is 234 g/mol. The largest absolute Gasteiger partial charge is 0.496 e. The molecule has 0 radical (unpaired) electrons. The highest BCUT2D eigenvalue weighted by Crippen LogP contribution is 2.30. The van der Waals surface area contributed by atoms with Gasteiger partial charge in [-0.3, -0.25) is 4.79 Å². The van der Waals surface area contributed by atoms with Crippen molar-refractivity contribution in [2.45, 2.75) is 13.0 Å². The monoisotopic (exact) mass is 253 g/mol. The summed E-state index contributed by atoms with van der Waals surface area (Å²) in [5.41, 5.74) is 6.72. The molecule has 18 heavy (non-hydrogen) atoms. The summed E-state index contributed by atoms with van der Waals surface area (Å²) in [6.07, 6.45) is 0.287. The lowest BCUT2D eigenvalue weighted by Crippen LogP contribution is -2.10. The smallest absolute Gasteiger partial charge is 0.167 e. The fraction of sp³-hybridized carbons (Fsp3) is 0.462. The van der Waals surface area contributed by atoms with Crippen LogP contribution >= 0.6 is 0 Å². The molecule has 0 aliphatic rings. The molecule has 1 aromatic rings. The molecule has 2 N–H and O–H groups in total. The molecule has 0 saturated heterocycles. The Kier molecular flexibility index (Phi) is 5.61. The lowest BCUT2D eigenvalue weighted by molar-refractivity contribution is 0.0982. The molecule has 0 bridgehead atoms. The fourth-order valence-electron chi connectivity index (χ4n) is 1.72. The Labute approximate surface area is 107 Å². The SMILES string of the molecule is COCc1cc(C(=O)CCN)c(OC)cc1OC. The summed E-state index contributed by atoms with van der Waals surface area (Å²) in [5, 5.41) is 0. The Bertz CT molecular complexity index is 418. The zero-order valence-corrected chi connectivity index (χ0v) is 11.0. The third-order valence-electron chi connectivity index (χ3n) is 2.57. The number of carbonyl (C=O) groups is 1. The van der Waals surface area contributed by atoms with E-state index in [0.29, 0.717) is 30.2 Å². The fourth-order valence-corrected chi connectivity index (χ4v) is 1.72. The second kappa shape index (κ2) is 6.98. The summed E-state index contributed by atoms with van der Waals surface area (Å²) in [4.78, 5) is 11.9. The first-order valence-electron chi connectivity index (χ1n) is 5.65. The van der Waals surface area contributed by atoms with E-state index in [2.05, 4.69) is 0 Å². The number of rotatable bonds is 7. The number of methoxy groups -OCH3 is 3. The second-order valence-electron chi connectivity index (χ2n) is 3.76. The number of ether oxygens (including phenoxy) is 3. The highest BCUT2D eigenvalue weighted by molar-refractivity contribution is 5.99. The van der Waals surface area contributed by atoms with Crippen molar-refractivity contribution >= 4 is 5.78 Å². The van der Waals surface area contributed by atoms with Crippen molar-refractivity contribution in [2.75, 3.05) is 27.9 Å². The van der Waals surface area contributed by atoms with Gasteiger partial charge in [0, 0.05) is 25.2 Å². The summed E-state index contributed by atoms with van der Waals surface area (Å²) in [5.74, 6) is 1.08. The molecule has 0 heterocycles. The van der Waals surface area contributed by atoms with Gasteiger partial charge < -0.3 is 19.9 Å². The van der Waals surface area contributed by atoms with Crippen LogP contribution in [0, 0.1) is 0 Å². The molecule has 0 atom stereocenters. The zero-order valence-electron chi connectivity index (χ0n) is 11.0. The first-order chi connectivity index (χ1) is 8.67. The lowest BCUT2D eigenvalue weighted by atomic mass is 10.0. The standard InChI is InChI=1S/C13H19NO4/c1-16-8-9-6-10(11(15)4-5-14)13(18-3)7-12(9)17-2/h6-7H,4-5,8,14H2,1-3H3. The summed E-state index contributed by atoms with van der Waals surface area (Å²) >= 11 is 0. The number of ketones is 1. The molecule has 5 nitrogen and oxygen atoms in total. The average Bonchev–Trinajstić information content (AvgIpc) is 2.38. The second-order valence-corrected chi connectivity index (χ2v) is 3.76. The third-order valence-corrected chi connectivity index (χ3v) is 2.57. The molecule has 0 unspecified atom stereocenters. The zero-order chi connectivity index (χ0) is 13.5. The van der Waals surface area contributed by atoms with Crippen LogP contribution in [0.1, 0.15) is 22.3 Å². The highest BCUT2D eigenvalue weighted by Gasteiger charge is 2.16. The van der Waals surface area contributed by atoms with Gasteiger partial charge in [-0.2, -0.15) is 0 Å². The van der Waals surface area contributed by atoms with Gasteiger partial charge in [-0.25, -0.2) is 0 Å². The van der Waals surface area contributed by atoms with Crippen LogP contribution < -0.4 is 15.2 Å². The van der Waals surface area contributed by atoms with E-state index in [0.717, 1.165) is 5.56 Å². The molecule has 0 saturated carbocycles. The van der Waals surface area contributed by atoms with E-state index in [-0.39, 0.29) is 12.2 Å². The summed E-state index contributed by atoms with van der Waals surface area (Å²) in [6, 6.07) is 3.43. The van der Waals surface area contributed by atoms with E-state index >= 15 is 0 Å². The lowest BCUT2D eigenvalue weighted by Gasteiger charge is -2.13. The Morgan fingerprint density at radius 2 is 1.83 bits per heavy atom. The van der Waals surface area contributed by atoms with Crippen LogP contribution in [0.25, 0.3) is 0 Å². The van der Waals surface area contributed by atoms with Crippen LogP contribution in [0.2, 0.25) is 0 Å². The molecule has 0 aromatic heterocycles. The van der Waals surface area contributed by atoms with Gasteiger partial charge in [0.25, 0.3) is 0 Å². The van der Waals surface area contributed by atoms with Gasteiger partial charge in [0.15, 0.2) is 5.78 Å². The van der Waals surface area contributed by atoms with Gasteiger partial charge in [-0.1, -0.05) is 0 Å². The number of hydrogen-bond acceptors (Lipinski definition) is 5. The summed E-state index contributed by atoms with van der Waals surface area (Å²) in [7, 11) is 4.67. The first-order valence-corrected chi connectivity index (χ1v) is 5.65. The summed E-state index contributed by atoms with van der Waals surface area (Å²) < 4.78 is 15.5. The van der Waals surface area contributed by atoms with Crippen LogP contribution in [-0.2, 0) is 11.3 Å². The molecule has 5 heteroatoms. The van der Waals surface area contributed by atoms with Crippen LogP contribution in [0.3, 0.4) is 0 Å². The van der Waals surface area contributed by atoms with Crippen molar-refractivity contribution in [1.29, 1.82) is 0 Å². The van der Waals surface area contributed by atoms with E-state index < -0.39 is 0 Å². The quantitative estimate of drug-likeness (QED) is 0.743. The molecule has 1 rings (SSSR count). The molecule has 0 fully saturated rings. The number of nitrogens with two attached hydrogens (primary N) is 1. The Morgan fingerprint density at radius 1 is 1.17 bits per heavy atom. The van der Waals surface area contributed by atoms with E-state index in [1.54, 1.807) is 26.4 Å². The minimum absolute atomic E-state index is 0.0469. The van der Waals surface area contributed by atoms with E-state index in [1.807, 2.05) is 0 Å². The van der Waals surface area contributed by atoms with E-state index in [1.165, 1.54) is 7.11 Å².